The lowest BCUT2D eigenvalue weighted by molar-refractivity contribution is 0.0375. The first kappa shape index (κ1) is 14.5. The van der Waals surface area contributed by atoms with E-state index in [0.717, 1.165) is 19.3 Å². The normalized spacial score (nSPS) is 12.6. The largest absolute Gasteiger partial charge is 0.455 e. The number of carbonyl (C=O) groups is 1. The molecule has 0 fully saturated rings. The second kappa shape index (κ2) is 8.48. The molecule has 18 heavy (non-hydrogen) atoms. The van der Waals surface area contributed by atoms with Gasteiger partial charge in [0.25, 0.3) is 0 Å². The van der Waals surface area contributed by atoms with Gasteiger partial charge in [-0.25, -0.2) is 4.79 Å². The minimum atomic E-state index is -0.320. The first-order valence-corrected chi connectivity index (χ1v) is 6.31. The molecule has 1 N–H and O–H groups in total. The van der Waals surface area contributed by atoms with Crippen LogP contribution in [0.4, 0.5) is 0 Å². The van der Waals surface area contributed by atoms with Crippen LogP contribution >= 0.6 is 0 Å². The predicted molar refractivity (Wildman–Crippen MR) is 71.4 cm³/mol. The van der Waals surface area contributed by atoms with Crippen LogP contribution in [0.2, 0.25) is 0 Å². The van der Waals surface area contributed by atoms with Crippen LogP contribution in [0, 0.1) is 0 Å². The van der Waals surface area contributed by atoms with Gasteiger partial charge in [-0.05, 0) is 31.1 Å². The molecule has 0 saturated carbocycles. The maximum absolute atomic E-state index is 11.9. The molecule has 0 saturated heterocycles. The molecular weight excluding hydrogens is 228 g/mol. The minimum absolute atomic E-state index is 0.0362. The Hall–Kier alpha value is -1.61. The molecule has 3 heteroatoms. The molecular formula is C15H20O3. The van der Waals surface area contributed by atoms with Crippen molar-refractivity contribution in [2.75, 3.05) is 6.61 Å². The summed E-state index contributed by atoms with van der Waals surface area (Å²) >= 11 is 0. The van der Waals surface area contributed by atoms with Gasteiger partial charge in [-0.2, -0.15) is 0 Å². The lowest BCUT2D eigenvalue weighted by Crippen LogP contribution is -2.16. The van der Waals surface area contributed by atoms with Crippen LogP contribution in [-0.2, 0) is 4.74 Å². The van der Waals surface area contributed by atoms with Crippen molar-refractivity contribution in [3.63, 3.8) is 0 Å². The van der Waals surface area contributed by atoms with Crippen molar-refractivity contribution >= 4 is 5.97 Å². The Morgan fingerprint density at radius 1 is 1.39 bits per heavy atom. The highest BCUT2D eigenvalue weighted by Crippen LogP contribution is 2.10. The quantitative estimate of drug-likeness (QED) is 0.596. The first-order valence-electron chi connectivity index (χ1n) is 6.31. The van der Waals surface area contributed by atoms with Gasteiger partial charge in [-0.15, -0.1) is 0 Å². The van der Waals surface area contributed by atoms with Crippen LogP contribution in [-0.4, -0.2) is 23.8 Å². The van der Waals surface area contributed by atoms with E-state index < -0.39 is 0 Å². The molecule has 0 aliphatic rings. The second-order valence-corrected chi connectivity index (χ2v) is 4.06. The molecule has 98 valence electrons. The number of benzene rings is 1. The number of hydrogen-bond donors (Lipinski definition) is 1. The molecule has 0 aromatic heterocycles. The third kappa shape index (κ3) is 5.15. The van der Waals surface area contributed by atoms with Crippen molar-refractivity contribution in [1.82, 2.24) is 0 Å². The maximum Gasteiger partial charge on any atom is 0.338 e. The van der Waals surface area contributed by atoms with Gasteiger partial charge in [0.1, 0.15) is 6.10 Å². The summed E-state index contributed by atoms with van der Waals surface area (Å²) in [6.45, 7) is 2.05. The molecule has 0 aliphatic heterocycles. The monoisotopic (exact) mass is 248 g/mol. The van der Waals surface area contributed by atoms with Crippen LogP contribution in [0.5, 0.6) is 0 Å². The Kier molecular flexibility index (Phi) is 6.81. The van der Waals surface area contributed by atoms with Crippen molar-refractivity contribution in [3.05, 3.63) is 48.0 Å². The summed E-state index contributed by atoms with van der Waals surface area (Å²) in [7, 11) is 0. The number of ether oxygens (including phenoxy) is 1. The highest BCUT2D eigenvalue weighted by molar-refractivity contribution is 5.89. The van der Waals surface area contributed by atoms with Crippen LogP contribution in [0.3, 0.4) is 0 Å². The zero-order valence-corrected chi connectivity index (χ0v) is 10.7. The van der Waals surface area contributed by atoms with Crippen molar-refractivity contribution < 1.29 is 14.6 Å². The fraction of sp³-hybridized carbons (Fsp3) is 0.400. The summed E-state index contributed by atoms with van der Waals surface area (Å²) < 4.78 is 5.40. The van der Waals surface area contributed by atoms with Crippen molar-refractivity contribution in [1.29, 1.82) is 0 Å². The number of carbonyl (C=O) groups excluding carboxylic acids is 1. The number of aliphatic hydroxyl groups is 1. The fourth-order valence-corrected chi connectivity index (χ4v) is 1.59. The van der Waals surface area contributed by atoms with Crippen molar-refractivity contribution in [2.45, 2.75) is 32.3 Å². The molecule has 0 heterocycles. The van der Waals surface area contributed by atoms with Crippen LogP contribution in [0.15, 0.2) is 42.5 Å². The Morgan fingerprint density at radius 3 is 2.72 bits per heavy atom. The molecule has 1 aromatic rings. The third-order valence-electron chi connectivity index (χ3n) is 2.57. The smallest absolute Gasteiger partial charge is 0.338 e. The molecule has 0 amide bonds. The first-order chi connectivity index (χ1) is 8.77. The van der Waals surface area contributed by atoms with E-state index >= 15 is 0 Å². The van der Waals surface area contributed by atoms with E-state index in [1.807, 2.05) is 6.07 Å². The number of rotatable bonds is 7. The van der Waals surface area contributed by atoms with E-state index in [-0.39, 0.29) is 18.7 Å². The van der Waals surface area contributed by atoms with Gasteiger partial charge in [0.05, 0.1) is 12.2 Å². The Balaban J connectivity index is 2.59. The number of aliphatic hydroxyl groups excluding tert-OH is 1. The molecule has 1 atom stereocenters. The summed E-state index contributed by atoms with van der Waals surface area (Å²) in [5.74, 6) is -0.320. The molecule has 0 radical (unpaired) electrons. The van der Waals surface area contributed by atoms with Gasteiger partial charge in [0.2, 0.25) is 0 Å². The molecule has 1 aromatic carbocycles. The SMILES string of the molecule is CCCC[C@@H](/C=C/CO)OC(=O)c1ccccc1. The van der Waals surface area contributed by atoms with Gasteiger partial charge < -0.3 is 9.84 Å². The fourth-order valence-electron chi connectivity index (χ4n) is 1.59. The number of esters is 1. The van der Waals surface area contributed by atoms with E-state index in [1.165, 1.54) is 0 Å². The standard InChI is InChI=1S/C15H20O3/c1-2-3-10-14(11-7-12-16)18-15(17)13-8-5-4-6-9-13/h4-9,11,14,16H,2-3,10,12H2,1H3/b11-7+/t14-/m0/s1. The lowest BCUT2D eigenvalue weighted by atomic mass is 10.1. The van der Waals surface area contributed by atoms with Gasteiger partial charge in [-0.1, -0.05) is 37.6 Å². The van der Waals surface area contributed by atoms with E-state index in [2.05, 4.69) is 6.92 Å². The summed E-state index contributed by atoms with van der Waals surface area (Å²) in [5.41, 5.74) is 0.552. The highest BCUT2D eigenvalue weighted by Gasteiger charge is 2.12. The summed E-state index contributed by atoms with van der Waals surface area (Å²) in [4.78, 5) is 11.9. The maximum atomic E-state index is 11.9. The number of unbranched alkanes of at least 4 members (excludes halogenated alkanes) is 1. The molecule has 0 aliphatic carbocycles. The van der Waals surface area contributed by atoms with Gasteiger partial charge >= 0.3 is 5.97 Å². The van der Waals surface area contributed by atoms with E-state index in [0.29, 0.717) is 5.56 Å². The topological polar surface area (TPSA) is 46.5 Å². The summed E-state index contributed by atoms with van der Waals surface area (Å²) in [5, 5.41) is 8.76. The zero-order chi connectivity index (χ0) is 13.2. The number of hydrogen-bond acceptors (Lipinski definition) is 3. The van der Waals surface area contributed by atoms with Gasteiger partial charge in [0.15, 0.2) is 0 Å². The van der Waals surface area contributed by atoms with E-state index in [4.69, 9.17) is 9.84 Å². The van der Waals surface area contributed by atoms with Crippen LogP contribution in [0.25, 0.3) is 0 Å². The predicted octanol–water partition coefficient (Wildman–Crippen LogP) is 2.95. The lowest BCUT2D eigenvalue weighted by Gasteiger charge is -2.14. The van der Waals surface area contributed by atoms with Crippen LogP contribution in [0.1, 0.15) is 36.5 Å². The second-order valence-electron chi connectivity index (χ2n) is 4.06. The van der Waals surface area contributed by atoms with E-state index in [1.54, 1.807) is 36.4 Å². The van der Waals surface area contributed by atoms with Crippen molar-refractivity contribution in [2.24, 2.45) is 0 Å². The van der Waals surface area contributed by atoms with Gasteiger partial charge in [-0.3, -0.25) is 0 Å². The average molecular weight is 248 g/mol. The van der Waals surface area contributed by atoms with Gasteiger partial charge in [0, 0.05) is 0 Å². The minimum Gasteiger partial charge on any atom is -0.455 e. The average Bonchev–Trinajstić information content (AvgIpc) is 2.42. The third-order valence-corrected chi connectivity index (χ3v) is 2.57. The molecule has 0 bridgehead atoms. The Bertz CT molecular complexity index is 371. The Morgan fingerprint density at radius 2 is 2.11 bits per heavy atom. The molecule has 0 unspecified atom stereocenters. The zero-order valence-electron chi connectivity index (χ0n) is 10.7. The van der Waals surface area contributed by atoms with Crippen molar-refractivity contribution in [3.8, 4) is 0 Å². The van der Waals surface area contributed by atoms with Crippen LogP contribution < -0.4 is 0 Å². The molecule has 3 nitrogen and oxygen atoms in total. The summed E-state index contributed by atoms with van der Waals surface area (Å²) in [6, 6.07) is 8.93. The molecule has 0 spiro atoms. The highest BCUT2D eigenvalue weighted by atomic mass is 16.5. The van der Waals surface area contributed by atoms with E-state index in [9.17, 15) is 4.79 Å². The molecule has 1 rings (SSSR count). The summed E-state index contributed by atoms with van der Waals surface area (Å²) in [6.07, 6.45) is 5.92. The Labute approximate surface area is 108 Å².